The van der Waals surface area contributed by atoms with E-state index in [0.29, 0.717) is 17.3 Å². The van der Waals surface area contributed by atoms with Crippen LogP contribution in [0.3, 0.4) is 0 Å². The monoisotopic (exact) mass is 352 g/mol. The summed E-state index contributed by atoms with van der Waals surface area (Å²) in [6.07, 6.45) is 2.92. The maximum absolute atomic E-state index is 11.6. The Morgan fingerprint density at radius 2 is 2.29 bits per heavy atom. The molecular formula is C14H13BrN2O4. The van der Waals surface area contributed by atoms with Crippen LogP contribution in [0.1, 0.15) is 5.76 Å². The predicted octanol–water partition coefficient (Wildman–Crippen LogP) is 2.58. The van der Waals surface area contributed by atoms with Gasteiger partial charge in [0, 0.05) is 4.47 Å². The number of nitrogens with zero attached hydrogens (tertiary/aromatic N) is 1. The van der Waals surface area contributed by atoms with E-state index in [1.807, 2.05) is 0 Å². The Balaban J connectivity index is 1.84. The minimum absolute atomic E-state index is 0.173. The molecule has 1 aromatic carbocycles. The number of carbonyl (C=O) groups is 1. The van der Waals surface area contributed by atoms with Crippen molar-refractivity contribution in [2.24, 2.45) is 5.10 Å². The Labute approximate surface area is 129 Å². The normalized spacial score (nSPS) is 10.6. The first-order chi connectivity index (χ1) is 10.2. The van der Waals surface area contributed by atoms with Gasteiger partial charge in [-0.25, -0.2) is 5.43 Å². The maximum Gasteiger partial charge on any atom is 0.277 e. The molecule has 0 atom stereocenters. The van der Waals surface area contributed by atoms with Crippen molar-refractivity contribution in [2.75, 3.05) is 13.7 Å². The number of rotatable bonds is 6. The van der Waals surface area contributed by atoms with Gasteiger partial charge >= 0.3 is 0 Å². The molecule has 21 heavy (non-hydrogen) atoms. The van der Waals surface area contributed by atoms with Gasteiger partial charge in [0.25, 0.3) is 5.91 Å². The number of hydrazone groups is 1. The van der Waals surface area contributed by atoms with Crippen LogP contribution in [-0.2, 0) is 4.79 Å². The van der Waals surface area contributed by atoms with Gasteiger partial charge in [-0.05, 0) is 30.3 Å². The van der Waals surface area contributed by atoms with Crippen molar-refractivity contribution in [3.05, 3.63) is 46.8 Å². The van der Waals surface area contributed by atoms with Crippen molar-refractivity contribution in [1.29, 1.82) is 0 Å². The zero-order chi connectivity index (χ0) is 15.1. The Morgan fingerprint density at radius 3 is 3.00 bits per heavy atom. The largest absolute Gasteiger partial charge is 0.493 e. The first-order valence-electron chi connectivity index (χ1n) is 6.01. The van der Waals surface area contributed by atoms with Gasteiger partial charge in [0.05, 0.1) is 19.6 Å². The van der Waals surface area contributed by atoms with Gasteiger partial charge < -0.3 is 13.9 Å². The lowest BCUT2D eigenvalue weighted by atomic mass is 10.3. The summed E-state index contributed by atoms with van der Waals surface area (Å²) >= 11 is 3.33. The van der Waals surface area contributed by atoms with Crippen molar-refractivity contribution in [3.63, 3.8) is 0 Å². The molecule has 7 heteroatoms. The molecule has 2 aromatic rings. The molecule has 0 saturated heterocycles. The van der Waals surface area contributed by atoms with E-state index in [2.05, 4.69) is 26.5 Å². The molecule has 0 bridgehead atoms. The molecule has 2 rings (SSSR count). The number of hydrogen-bond acceptors (Lipinski definition) is 5. The Bertz CT molecular complexity index is 626. The molecule has 110 valence electrons. The molecule has 0 aliphatic carbocycles. The molecule has 1 aromatic heterocycles. The second-order valence-electron chi connectivity index (χ2n) is 3.89. The number of ether oxygens (including phenoxy) is 2. The molecule has 1 N–H and O–H groups in total. The van der Waals surface area contributed by atoms with Gasteiger partial charge in [0.1, 0.15) is 5.76 Å². The molecule has 1 heterocycles. The summed E-state index contributed by atoms with van der Waals surface area (Å²) in [6.45, 7) is -0.173. The third-order valence-corrected chi connectivity index (χ3v) is 2.90. The predicted molar refractivity (Wildman–Crippen MR) is 80.6 cm³/mol. The van der Waals surface area contributed by atoms with Crippen LogP contribution in [0.2, 0.25) is 0 Å². The van der Waals surface area contributed by atoms with E-state index < -0.39 is 0 Å². The highest BCUT2D eigenvalue weighted by molar-refractivity contribution is 9.10. The van der Waals surface area contributed by atoms with Crippen LogP contribution in [-0.4, -0.2) is 25.8 Å². The van der Waals surface area contributed by atoms with Gasteiger partial charge in [-0.1, -0.05) is 15.9 Å². The second-order valence-corrected chi connectivity index (χ2v) is 4.81. The highest BCUT2D eigenvalue weighted by Gasteiger charge is 2.07. The van der Waals surface area contributed by atoms with E-state index in [-0.39, 0.29) is 12.5 Å². The zero-order valence-corrected chi connectivity index (χ0v) is 12.8. The van der Waals surface area contributed by atoms with Crippen molar-refractivity contribution < 1.29 is 18.7 Å². The van der Waals surface area contributed by atoms with Crippen LogP contribution >= 0.6 is 15.9 Å². The number of benzene rings is 1. The minimum Gasteiger partial charge on any atom is -0.493 e. The van der Waals surface area contributed by atoms with Gasteiger partial charge in [-0.15, -0.1) is 0 Å². The fraction of sp³-hybridized carbons (Fsp3) is 0.143. The van der Waals surface area contributed by atoms with E-state index in [1.54, 1.807) is 30.3 Å². The van der Waals surface area contributed by atoms with Crippen molar-refractivity contribution in [2.45, 2.75) is 0 Å². The summed E-state index contributed by atoms with van der Waals surface area (Å²) in [7, 11) is 1.53. The molecule has 0 aliphatic rings. The van der Waals surface area contributed by atoms with Crippen molar-refractivity contribution in [3.8, 4) is 11.5 Å². The van der Waals surface area contributed by atoms with Gasteiger partial charge in [0.2, 0.25) is 0 Å². The van der Waals surface area contributed by atoms with Crippen LogP contribution in [0, 0.1) is 0 Å². The lowest BCUT2D eigenvalue weighted by Crippen LogP contribution is -2.24. The molecule has 0 spiro atoms. The number of nitrogens with one attached hydrogen (secondary N) is 1. The number of methoxy groups -OCH3 is 1. The molecule has 0 unspecified atom stereocenters. The summed E-state index contributed by atoms with van der Waals surface area (Å²) < 4.78 is 16.4. The standard InChI is InChI=1S/C14H13BrN2O4/c1-19-13-7-10(15)4-5-12(13)21-9-14(18)17-16-8-11-3-2-6-20-11/h2-8H,9H2,1H3,(H,17,18). The zero-order valence-electron chi connectivity index (χ0n) is 11.2. The van der Waals surface area contributed by atoms with Gasteiger partial charge in [0.15, 0.2) is 18.1 Å². The number of furan rings is 1. The molecule has 0 fully saturated rings. The molecule has 1 amide bonds. The number of amides is 1. The minimum atomic E-state index is -0.386. The average molecular weight is 353 g/mol. The summed E-state index contributed by atoms with van der Waals surface area (Å²) in [4.78, 5) is 11.6. The van der Waals surface area contributed by atoms with Crippen LogP contribution in [0.5, 0.6) is 11.5 Å². The fourth-order valence-corrected chi connectivity index (χ4v) is 1.81. The van der Waals surface area contributed by atoms with Gasteiger partial charge in [-0.2, -0.15) is 5.10 Å². The topological polar surface area (TPSA) is 73.1 Å². The maximum atomic E-state index is 11.6. The molecule has 0 radical (unpaired) electrons. The molecular weight excluding hydrogens is 340 g/mol. The number of halogens is 1. The lowest BCUT2D eigenvalue weighted by Gasteiger charge is -2.09. The quantitative estimate of drug-likeness (QED) is 0.640. The summed E-state index contributed by atoms with van der Waals surface area (Å²) in [5, 5.41) is 3.75. The Morgan fingerprint density at radius 1 is 1.43 bits per heavy atom. The third-order valence-electron chi connectivity index (χ3n) is 2.41. The first kappa shape index (κ1) is 15.1. The van der Waals surface area contributed by atoms with Crippen LogP contribution in [0.4, 0.5) is 0 Å². The van der Waals surface area contributed by atoms with E-state index in [0.717, 1.165) is 4.47 Å². The number of hydrogen-bond donors (Lipinski definition) is 1. The first-order valence-corrected chi connectivity index (χ1v) is 6.80. The van der Waals surface area contributed by atoms with E-state index in [9.17, 15) is 4.79 Å². The highest BCUT2D eigenvalue weighted by Crippen LogP contribution is 2.29. The number of carbonyl (C=O) groups excluding carboxylic acids is 1. The molecule has 0 aliphatic heterocycles. The van der Waals surface area contributed by atoms with Crippen molar-refractivity contribution in [1.82, 2.24) is 5.43 Å². The smallest absolute Gasteiger partial charge is 0.277 e. The third kappa shape index (κ3) is 4.64. The Hall–Kier alpha value is -2.28. The summed E-state index contributed by atoms with van der Waals surface area (Å²) in [6, 6.07) is 8.71. The van der Waals surface area contributed by atoms with Crippen LogP contribution in [0.25, 0.3) is 0 Å². The van der Waals surface area contributed by atoms with E-state index in [4.69, 9.17) is 13.9 Å². The fourth-order valence-electron chi connectivity index (χ4n) is 1.47. The summed E-state index contributed by atoms with van der Waals surface area (Å²) in [5.41, 5.74) is 2.34. The van der Waals surface area contributed by atoms with Crippen molar-refractivity contribution >= 4 is 28.1 Å². The second kappa shape index (κ2) is 7.49. The highest BCUT2D eigenvalue weighted by atomic mass is 79.9. The Kier molecular flexibility index (Phi) is 5.39. The van der Waals surface area contributed by atoms with Crippen LogP contribution in [0.15, 0.2) is 50.6 Å². The SMILES string of the molecule is COc1cc(Br)ccc1OCC(=O)NN=Cc1ccco1. The average Bonchev–Trinajstić information content (AvgIpc) is 2.99. The van der Waals surface area contributed by atoms with Gasteiger partial charge in [-0.3, -0.25) is 4.79 Å². The summed E-state index contributed by atoms with van der Waals surface area (Å²) in [5.74, 6) is 1.18. The van der Waals surface area contributed by atoms with Crippen LogP contribution < -0.4 is 14.9 Å². The van der Waals surface area contributed by atoms with E-state index >= 15 is 0 Å². The molecule has 0 saturated carbocycles. The lowest BCUT2D eigenvalue weighted by molar-refractivity contribution is -0.123. The van der Waals surface area contributed by atoms with E-state index in [1.165, 1.54) is 19.6 Å². The molecule has 6 nitrogen and oxygen atoms in total.